The summed E-state index contributed by atoms with van der Waals surface area (Å²) in [5.74, 6) is 0.443. The zero-order chi connectivity index (χ0) is 18.4. The molecule has 134 valence electrons. The minimum atomic E-state index is -0.166. The van der Waals surface area contributed by atoms with E-state index < -0.39 is 0 Å². The number of carbonyl (C=O) groups excluding carboxylic acids is 1. The Bertz CT molecular complexity index is 1150. The number of oxazole rings is 1. The molecule has 0 spiro atoms. The van der Waals surface area contributed by atoms with Gasteiger partial charge < -0.3 is 9.32 Å². The van der Waals surface area contributed by atoms with E-state index in [4.69, 9.17) is 16.0 Å². The van der Waals surface area contributed by atoms with E-state index >= 15 is 0 Å². The molecule has 4 aromatic rings. The molecule has 5 rings (SSSR count). The first kappa shape index (κ1) is 16.1. The van der Waals surface area contributed by atoms with E-state index in [1.54, 1.807) is 9.42 Å². The van der Waals surface area contributed by atoms with Gasteiger partial charge >= 0.3 is 5.84 Å². The van der Waals surface area contributed by atoms with Crippen LogP contribution in [0.3, 0.4) is 0 Å². The Kier molecular flexibility index (Phi) is 3.72. The van der Waals surface area contributed by atoms with Gasteiger partial charge in [-0.25, -0.2) is 0 Å². The standard InChI is InChI=1S/C20H15ClN4O2/c21-16-7-6-14-10-24(11-15(14)9-16)19(26)18-17(8-13-4-2-1-3-5-13)25-20(27-18)22-12-23-25/h1-7,9,12H,8,10-11H2. The van der Waals surface area contributed by atoms with Crippen LogP contribution in [-0.2, 0) is 19.5 Å². The van der Waals surface area contributed by atoms with Crippen LogP contribution in [-0.4, -0.2) is 25.4 Å². The van der Waals surface area contributed by atoms with Gasteiger partial charge in [0.15, 0.2) is 0 Å². The van der Waals surface area contributed by atoms with Gasteiger partial charge in [-0.2, -0.15) is 14.6 Å². The van der Waals surface area contributed by atoms with Crippen molar-refractivity contribution in [2.45, 2.75) is 19.5 Å². The average molecular weight is 379 g/mol. The number of hydrogen-bond donors (Lipinski definition) is 0. The molecule has 1 amide bonds. The van der Waals surface area contributed by atoms with E-state index in [9.17, 15) is 4.79 Å². The Morgan fingerprint density at radius 1 is 1.11 bits per heavy atom. The van der Waals surface area contributed by atoms with Crippen molar-refractivity contribution in [3.63, 3.8) is 0 Å². The predicted octanol–water partition coefficient (Wildman–Crippen LogP) is 3.72. The summed E-state index contributed by atoms with van der Waals surface area (Å²) in [5.41, 5.74) is 3.94. The number of benzene rings is 2. The van der Waals surface area contributed by atoms with Gasteiger partial charge in [-0.3, -0.25) is 4.79 Å². The summed E-state index contributed by atoms with van der Waals surface area (Å²) in [6.07, 6.45) is 1.96. The van der Waals surface area contributed by atoms with Crippen LogP contribution < -0.4 is 0 Å². The van der Waals surface area contributed by atoms with Crippen molar-refractivity contribution in [2.24, 2.45) is 0 Å². The Morgan fingerprint density at radius 3 is 2.78 bits per heavy atom. The van der Waals surface area contributed by atoms with Gasteiger partial charge in [-0.15, -0.1) is 0 Å². The smallest absolute Gasteiger partial charge is 0.325 e. The average Bonchev–Trinajstić information content (AvgIpc) is 3.37. The molecule has 1 aliphatic heterocycles. The maximum atomic E-state index is 13.2. The van der Waals surface area contributed by atoms with Crippen molar-refractivity contribution >= 4 is 23.4 Å². The van der Waals surface area contributed by atoms with Crippen molar-refractivity contribution in [3.8, 4) is 0 Å². The third-order valence-corrected chi connectivity index (χ3v) is 5.05. The van der Waals surface area contributed by atoms with E-state index in [0.29, 0.717) is 36.1 Å². The minimum absolute atomic E-state index is 0.166. The fourth-order valence-corrected chi connectivity index (χ4v) is 3.69. The van der Waals surface area contributed by atoms with Gasteiger partial charge in [0, 0.05) is 24.5 Å². The fraction of sp³-hybridized carbons (Fsp3) is 0.150. The summed E-state index contributed by atoms with van der Waals surface area (Å²) in [6.45, 7) is 1.04. The molecule has 0 radical (unpaired) electrons. The normalized spacial score (nSPS) is 13.3. The quantitative estimate of drug-likeness (QED) is 0.545. The molecular weight excluding hydrogens is 364 g/mol. The molecule has 0 atom stereocenters. The monoisotopic (exact) mass is 378 g/mol. The number of aromatic nitrogens is 3. The molecule has 0 unspecified atom stereocenters. The minimum Gasteiger partial charge on any atom is -0.416 e. The maximum absolute atomic E-state index is 13.2. The van der Waals surface area contributed by atoms with E-state index in [1.807, 2.05) is 48.5 Å². The molecule has 6 nitrogen and oxygen atoms in total. The number of hydrogen-bond acceptors (Lipinski definition) is 4. The molecule has 7 heteroatoms. The van der Waals surface area contributed by atoms with E-state index in [2.05, 4.69) is 10.1 Å². The van der Waals surface area contributed by atoms with E-state index in [-0.39, 0.29) is 11.7 Å². The lowest BCUT2D eigenvalue weighted by Gasteiger charge is -2.14. The second-order valence-corrected chi connectivity index (χ2v) is 7.01. The lowest BCUT2D eigenvalue weighted by molar-refractivity contribution is 0.0719. The van der Waals surface area contributed by atoms with Crippen molar-refractivity contribution in [3.05, 3.63) is 88.0 Å². The number of carbonyl (C=O) groups is 1. The summed E-state index contributed by atoms with van der Waals surface area (Å²) in [7, 11) is 0. The highest BCUT2D eigenvalue weighted by Gasteiger charge is 2.30. The number of fused-ring (bicyclic) bond motifs is 2. The van der Waals surface area contributed by atoms with Crippen LogP contribution in [0.25, 0.3) is 5.84 Å². The molecule has 3 heterocycles. The number of rotatable bonds is 3. The second kappa shape index (κ2) is 6.25. The Morgan fingerprint density at radius 2 is 1.93 bits per heavy atom. The summed E-state index contributed by atoms with van der Waals surface area (Å²) >= 11 is 6.08. The molecule has 0 aliphatic carbocycles. The number of nitrogens with zero attached hydrogens (tertiary/aromatic N) is 4. The zero-order valence-corrected chi connectivity index (χ0v) is 15.1. The van der Waals surface area contributed by atoms with Gasteiger partial charge in [0.2, 0.25) is 5.76 Å². The summed E-state index contributed by atoms with van der Waals surface area (Å²) in [4.78, 5) is 19.1. The van der Waals surface area contributed by atoms with Crippen molar-refractivity contribution in [1.82, 2.24) is 19.5 Å². The lowest BCUT2D eigenvalue weighted by atomic mass is 10.1. The van der Waals surface area contributed by atoms with Crippen LogP contribution in [0.5, 0.6) is 0 Å². The van der Waals surface area contributed by atoms with E-state index in [0.717, 1.165) is 16.7 Å². The molecular formula is C20H15ClN4O2. The van der Waals surface area contributed by atoms with Crippen LogP contribution >= 0.6 is 11.6 Å². The molecule has 1 aliphatic rings. The Hall–Kier alpha value is -3.12. The van der Waals surface area contributed by atoms with Crippen LogP contribution in [0.2, 0.25) is 5.02 Å². The maximum Gasteiger partial charge on any atom is 0.325 e. The molecule has 0 saturated carbocycles. The van der Waals surface area contributed by atoms with Crippen molar-refractivity contribution in [1.29, 1.82) is 0 Å². The van der Waals surface area contributed by atoms with Crippen LogP contribution in [0.15, 0.2) is 59.3 Å². The van der Waals surface area contributed by atoms with Crippen LogP contribution in [0, 0.1) is 0 Å². The van der Waals surface area contributed by atoms with Crippen molar-refractivity contribution < 1.29 is 9.21 Å². The Balaban J connectivity index is 1.50. The van der Waals surface area contributed by atoms with Gasteiger partial charge in [0.1, 0.15) is 12.0 Å². The SMILES string of the molecule is O=C(c1oc2ncnn2c1Cc1ccccc1)N1Cc2ccc(Cl)cc2C1. The predicted molar refractivity (Wildman–Crippen MR) is 99.5 cm³/mol. The van der Waals surface area contributed by atoms with E-state index in [1.165, 1.54) is 6.33 Å². The third kappa shape index (κ3) is 2.78. The second-order valence-electron chi connectivity index (χ2n) is 6.57. The molecule has 0 saturated heterocycles. The molecule has 0 bridgehead atoms. The molecule has 0 N–H and O–H groups in total. The van der Waals surface area contributed by atoms with Crippen molar-refractivity contribution in [2.75, 3.05) is 0 Å². The van der Waals surface area contributed by atoms with Crippen LogP contribution in [0.1, 0.15) is 32.9 Å². The fourth-order valence-electron chi connectivity index (χ4n) is 3.49. The molecule has 2 aromatic heterocycles. The summed E-state index contributed by atoms with van der Waals surface area (Å²) in [5, 5.41) is 4.89. The van der Waals surface area contributed by atoms with Gasteiger partial charge in [0.05, 0.1) is 0 Å². The summed E-state index contributed by atoms with van der Waals surface area (Å²) in [6, 6.07) is 15.6. The highest BCUT2D eigenvalue weighted by atomic mass is 35.5. The molecule has 2 aromatic carbocycles. The van der Waals surface area contributed by atoms with Gasteiger partial charge in [-0.05, 0) is 28.8 Å². The highest BCUT2D eigenvalue weighted by molar-refractivity contribution is 6.30. The highest BCUT2D eigenvalue weighted by Crippen LogP contribution is 2.28. The number of amides is 1. The Labute approximate surface area is 160 Å². The zero-order valence-electron chi connectivity index (χ0n) is 14.3. The van der Waals surface area contributed by atoms with Gasteiger partial charge in [0.25, 0.3) is 5.91 Å². The first-order valence-corrected chi connectivity index (χ1v) is 8.99. The first-order valence-electron chi connectivity index (χ1n) is 8.61. The number of halogens is 1. The topological polar surface area (TPSA) is 63.6 Å². The summed E-state index contributed by atoms with van der Waals surface area (Å²) < 4.78 is 7.38. The molecule has 0 fully saturated rings. The van der Waals surface area contributed by atoms with Gasteiger partial charge in [-0.1, -0.05) is 48.0 Å². The molecule has 27 heavy (non-hydrogen) atoms. The first-order chi connectivity index (χ1) is 13.2. The van der Waals surface area contributed by atoms with Crippen LogP contribution in [0.4, 0.5) is 0 Å². The third-order valence-electron chi connectivity index (χ3n) is 4.81. The largest absolute Gasteiger partial charge is 0.416 e. The lowest BCUT2D eigenvalue weighted by Crippen LogP contribution is -2.26.